The summed E-state index contributed by atoms with van der Waals surface area (Å²) in [6.07, 6.45) is 3.88. The predicted octanol–water partition coefficient (Wildman–Crippen LogP) is 4.38. The molecule has 2 saturated heterocycles. The predicted molar refractivity (Wildman–Crippen MR) is 89.5 cm³/mol. The molecule has 4 nitrogen and oxygen atoms in total. The molecule has 2 bridgehead atoms. The molecule has 0 saturated carbocycles. The van der Waals surface area contributed by atoms with Crippen molar-refractivity contribution in [2.45, 2.75) is 64.1 Å². The lowest BCUT2D eigenvalue weighted by Crippen LogP contribution is -2.51. The van der Waals surface area contributed by atoms with Crippen LogP contribution in [0.1, 0.15) is 46.5 Å². The third kappa shape index (κ3) is 3.82. The third-order valence-electron chi connectivity index (χ3n) is 4.84. The maximum absolute atomic E-state index is 13.0. The molecule has 1 amide bonds. The van der Waals surface area contributed by atoms with Crippen molar-refractivity contribution in [2.75, 3.05) is 6.61 Å². The van der Waals surface area contributed by atoms with E-state index in [0.717, 1.165) is 25.7 Å². The molecule has 1 aromatic rings. The van der Waals surface area contributed by atoms with Crippen molar-refractivity contribution in [1.82, 2.24) is 4.90 Å². The van der Waals surface area contributed by atoms with Gasteiger partial charge in [-0.05, 0) is 70.7 Å². The molecule has 2 heterocycles. The highest BCUT2D eigenvalue weighted by Gasteiger charge is 2.46. The van der Waals surface area contributed by atoms with Gasteiger partial charge in [-0.25, -0.2) is 9.18 Å². The first-order valence-corrected chi connectivity index (χ1v) is 8.73. The van der Waals surface area contributed by atoms with E-state index < -0.39 is 5.60 Å². The van der Waals surface area contributed by atoms with Gasteiger partial charge < -0.3 is 14.4 Å². The van der Waals surface area contributed by atoms with Gasteiger partial charge in [0.1, 0.15) is 17.2 Å². The molecule has 0 aliphatic carbocycles. The van der Waals surface area contributed by atoms with Gasteiger partial charge in [0.2, 0.25) is 0 Å². The van der Waals surface area contributed by atoms with Gasteiger partial charge in [0.15, 0.2) is 0 Å². The number of hydrogen-bond donors (Lipinski definition) is 0. The average molecular weight is 335 g/mol. The first-order chi connectivity index (χ1) is 11.3. The molecule has 24 heavy (non-hydrogen) atoms. The number of ether oxygens (including phenoxy) is 2. The maximum Gasteiger partial charge on any atom is 0.410 e. The van der Waals surface area contributed by atoms with E-state index in [0.29, 0.717) is 24.3 Å². The number of nitrogens with zero attached hydrogens (tertiary/aromatic N) is 1. The summed E-state index contributed by atoms with van der Waals surface area (Å²) in [5, 5.41) is 0. The van der Waals surface area contributed by atoms with Gasteiger partial charge in [-0.2, -0.15) is 0 Å². The van der Waals surface area contributed by atoms with E-state index in [1.54, 1.807) is 12.1 Å². The molecule has 132 valence electrons. The number of hydrogen-bond acceptors (Lipinski definition) is 3. The standard InChI is InChI=1S/C19H26FNO3/c1-19(2,3)24-18(22)21-15-7-4-13(17(21)11-8-15)12-23-16-9-5-14(20)6-10-16/h5-6,9-10,13,15,17H,4,7-8,11-12H2,1-3H3. The van der Waals surface area contributed by atoms with Crippen molar-refractivity contribution < 1.29 is 18.7 Å². The molecular formula is C19H26FNO3. The summed E-state index contributed by atoms with van der Waals surface area (Å²) in [7, 11) is 0. The zero-order valence-corrected chi connectivity index (χ0v) is 14.6. The zero-order valence-electron chi connectivity index (χ0n) is 14.6. The summed E-state index contributed by atoms with van der Waals surface area (Å²) in [6.45, 7) is 6.23. The molecule has 2 aliphatic heterocycles. The molecule has 0 radical (unpaired) electrons. The zero-order chi connectivity index (χ0) is 17.3. The Labute approximate surface area is 142 Å². The second kappa shape index (κ2) is 6.61. The van der Waals surface area contributed by atoms with Crippen molar-refractivity contribution >= 4 is 6.09 Å². The van der Waals surface area contributed by atoms with Gasteiger partial charge >= 0.3 is 6.09 Å². The van der Waals surface area contributed by atoms with Crippen molar-refractivity contribution in [3.8, 4) is 5.75 Å². The van der Waals surface area contributed by atoms with Gasteiger partial charge in [0.25, 0.3) is 0 Å². The molecule has 1 aromatic carbocycles. The molecular weight excluding hydrogens is 309 g/mol. The molecule has 3 rings (SSSR count). The average Bonchev–Trinajstić information content (AvgIpc) is 2.82. The van der Waals surface area contributed by atoms with E-state index in [1.165, 1.54) is 12.1 Å². The molecule has 5 heteroatoms. The van der Waals surface area contributed by atoms with Crippen LogP contribution >= 0.6 is 0 Å². The Morgan fingerprint density at radius 3 is 2.50 bits per heavy atom. The van der Waals surface area contributed by atoms with Gasteiger partial charge in [-0.3, -0.25) is 0 Å². The molecule has 3 atom stereocenters. The Kier molecular flexibility index (Phi) is 4.70. The number of fused-ring (bicyclic) bond motifs is 2. The van der Waals surface area contributed by atoms with Crippen LogP contribution in [-0.4, -0.2) is 35.3 Å². The van der Waals surface area contributed by atoms with Crippen molar-refractivity contribution in [3.05, 3.63) is 30.1 Å². The quantitative estimate of drug-likeness (QED) is 0.823. The van der Waals surface area contributed by atoms with Crippen LogP contribution < -0.4 is 4.74 Å². The largest absolute Gasteiger partial charge is 0.493 e. The lowest BCUT2D eigenvalue weighted by Gasteiger charge is -2.40. The van der Waals surface area contributed by atoms with Crippen LogP contribution in [0, 0.1) is 11.7 Å². The second-order valence-electron chi connectivity index (χ2n) is 7.79. The van der Waals surface area contributed by atoms with Crippen LogP contribution in [0.15, 0.2) is 24.3 Å². The molecule has 3 unspecified atom stereocenters. The smallest absolute Gasteiger partial charge is 0.410 e. The minimum Gasteiger partial charge on any atom is -0.493 e. The summed E-state index contributed by atoms with van der Waals surface area (Å²) in [5.41, 5.74) is -0.478. The van der Waals surface area contributed by atoms with Gasteiger partial charge in [0.05, 0.1) is 6.61 Å². The number of benzene rings is 1. The van der Waals surface area contributed by atoms with Crippen LogP contribution in [0.5, 0.6) is 5.75 Å². The molecule has 0 aromatic heterocycles. The summed E-state index contributed by atoms with van der Waals surface area (Å²) in [4.78, 5) is 14.5. The van der Waals surface area contributed by atoms with E-state index in [-0.39, 0.29) is 18.0 Å². The topological polar surface area (TPSA) is 38.8 Å². The summed E-state index contributed by atoms with van der Waals surface area (Å²) >= 11 is 0. The van der Waals surface area contributed by atoms with E-state index in [9.17, 15) is 9.18 Å². The van der Waals surface area contributed by atoms with Gasteiger partial charge in [0, 0.05) is 18.0 Å². The van der Waals surface area contributed by atoms with Crippen LogP contribution in [0.25, 0.3) is 0 Å². The molecule has 2 fully saturated rings. The van der Waals surface area contributed by atoms with E-state index in [1.807, 2.05) is 25.7 Å². The van der Waals surface area contributed by atoms with Crippen LogP contribution in [0.4, 0.5) is 9.18 Å². The summed E-state index contributed by atoms with van der Waals surface area (Å²) in [6, 6.07) is 6.55. The molecule has 0 spiro atoms. The van der Waals surface area contributed by atoms with Crippen LogP contribution in [0.2, 0.25) is 0 Å². The van der Waals surface area contributed by atoms with E-state index in [2.05, 4.69) is 0 Å². The normalized spacial score (nSPS) is 26.3. The minimum absolute atomic E-state index is 0.180. The summed E-state index contributed by atoms with van der Waals surface area (Å²) < 4.78 is 24.4. The van der Waals surface area contributed by atoms with Gasteiger partial charge in [-0.1, -0.05) is 0 Å². The van der Waals surface area contributed by atoms with Crippen LogP contribution in [-0.2, 0) is 4.74 Å². The van der Waals surface area contributed by atoms with Gasteiger partial charge in [-0.15, -0.1) is 0 Å². The number of carbonyl (C=O) groups excluding carboxylic acids is 1. The Bertz CT molecular complexity index is 581. The first-order valence-electron chi connectivity index (χ1n) is 8.73. The Balaban J connectivity index is 1.63. The van der Waals surface area contributed by atoms with E-state index in [4.69, 9.17) is 9.47 Å². The SMILES string of the molecule is CC(C)(C)OC(=O)N1C2CCC(COc3ccc(F)cc3)C1CC2. The van der Waals surface area contributed by atoms with Crippen molar-refractivity contribution in [2.24, 2.45) is 5.92 Å². The lowest BCUT2D eigenvalue weighted by atomic mass is 9.91. The number of halogens is 1. The monoisotopic (exact) mass is 335 g/mol. The Morgan fingerprint density at radius 1 is 1.17 bits per heavy atom. The number of carbonyl (C=O) groups is 1. The Morgan fingerprint density at radius 2 is 1.83 bits per heavy atom. The lowest BCUT2D eigenvalue weighted by molar-refractivity contribution is -0.00590. The molecule has 2 aliphatic rings. The summed E-state index contributed by atoms with van der Waals surface area (Å²) in [5.74, 6) is 0.691. The fourth-order valence-corrected chi connectivity index (χ4v) is 3.78. The van der Waals surface area contributed by atoms with E-state index >= 15 is 0 Å². The first kappa shape index (κ1) is 17.1. The van der Waals surface area contributed by atoms with Crippen LogP contribution in [0.3, 0.4) is 0 Å². The second-order valence-corrected chi connectivity index (χ2v) is 7.79. The Hall–Kier alpha value is -1.78. The fourth-order valence-electron chi connectivity index (χ4n) is 3.78. The third-order valence-corrected chi connectivity index (χ3v) is 4.84. The highest BCUT2D eigenvalue weighted by atomic mass is 19.1. The highest BCUT2D eigenvalue weighted by Crippen LogP contribution is 2.40. The number of amides is 1. The molecule has 0 N–H and O–H groups in total. The van der Waals surface area contributed by atoms with Crippen molar-refractivity contribution in [3.63, 3.8) is 0 Å². The number of piperidine rings is 1. The maximum atomic E-state index is 13.0. The number of rotatable bonds is 3. The fraction of sp³-hybridized carbons (Fsp3) is 0.632. The highest BCUT2D eigenvalue weighted by molar-refractivity contribution is 5.69. The van der Waals surface area contributed by atoms with Crippen molar-refractivity contribution in [1.29, 1.82) is 0 Å². The minimum atomic E-state index is -0.478.